The highest BCUT2D eigenvalue weighted by Gasteiger charge is 2.38. The van der Waals surface area contributed by atoms with E-state index in [2.05, 4.69) is 4.98 Å². The first-order chi connectivity index (χ1) is 21.5. The molecule has 0 saturated carbocycles. The van der Waals surface area contributed by atoms with Gasteiger partial charge in [-0.15, -0.1) is 0 Å². The van der Waals surface area contributed by atoms with Crippen LogP contribution >= 0.6 is 0 Å². The maximum Gasteiger partial charge on any atom is 0.416 e. The van der Waals surface area contributed by atoms with E-state index < -0.39 is 46.0 Å². The molecular formula is C30H31F6N5O4S. The Balaban J connectivity index is 1.59. The van der Waals surface area contributed by atoms with Crippen LogP contribution in [0, 0.1) is 6.92 Å². The topological polar surface area (TPSA) is 95.9 Å². The van der Waals surface area contributed by atoms with E-state index in [-0.39, 0.29) is 67.4 Å². The number of ether oxygens (including phenoxy) is 1. The number of nitrogens with zero attached hydrogens (tertiary/aromatic N) is 5. The van der Waals surface area contributed by atoms with Gasteiger partial charge < -0.3 is 14.5 Å². The Morgan fingerprint density at radius 1 is 0.870 bits per heavy atom. The van der Waals surface area contributed by atoms with Gasteiger partial charge in [-0.25, -0.2) is 17.7 Å². The molecule has 248 valence electrons. The van der Waals surface area contributed by atoms with Crippen LogP contribution in [0.15, 0.2) is 42.5 Å². The Hall–Kier alpha value is -3.92. The normalized spacial score (nSPS) is 17.2. The van der Waals surface area contributed by atoms with Gasteiger partial charge >= 0.3 is 12.4 Å². The van der Waals surface area contributed by atoms with Gasteiger partial charge in [-0.05, 0) is 49.1 Å². The third kappa shape index (κ3) is 7.38. The molecule has 1 saturated heterocycles. The molecule has 0 N–H and O–H groups in total. The van der Waals surface area contributed by atoms with E-state index >= 15 is 0 Å². The standard InChI is InChI=1S/C30H31F6N5O4S/c1-19-7-3-4-8-23(19)25-24-26(38-28(37-25)39-9-5-11-41(13-12-39)46(2,43)44)45-14-6-10-40(27(24)42)18-20-15-21(29(31,32)33)17-22(16-20)30(34,35)36/h3-4,7-8,15-17H,5-6,9-14,18H2,1-2H3. The summed E-state index contributed by atoms with van der Waals surface area (Å²) >= 11 is 0. The maximum atomic E-state index is 14.2. The van der Waals surface area contributed by atoms with Crippen LogP contribution in [0.1, 0.15) is 45.5 Å². The first-order valence-electron chi connectivity index (χ1n) is 14.4. The van der Waals surface area contributed by atoms with Crippen molar-refractivity contribution in [3.8, 4) is 17.1 Å². The Morgan fingerprint density at radius 2 is 1.54 bits per heavy atom. The van der Waals surface area contributed by atoms with Crippen LogP contribution in [0.3, 0.4) is 0 Å². The molecule has 0 radical (unpaired) electrons. The SMILES string of the molecule is Cc1ccccc1-c1nc(N2CCCN(S(C)(=O)=O)CC2)nc2c1C(=O)N(Cc1cc(C(F)(F)F)cc(C(F)(F)F)c1)CCCO2. The van der Waals surface area contributed by atoms with Crippen molar-refractivity contribution in [3.05, 3.63) is 70.3 Å². The number of halogens is 6. The molecule has 16 heteroatoms. The molecule has 1 aromatic heterocycles. The van der Waals surface area contributed by atoms with Crippen molar-refractivity contribution in [1.29, 1.82) is 0 Å². The van der Waals surface area contributed by atoms with Gasteiger partial charge in [0.25, 0.3) is 5.91 Å². The molecule has 0 spiro atoms. The Bertz CT molecular complexity index is 1700. The van der Waals surface area contributed by atoms with E-state index in [0.717, 1.165) is 11.8 Å². The van der Waals surface area contributed by atoms with Gasteiger partial charge in [0.15, 0.2) is 0 Å². The van der Waals surface area contributed by atoms with E-state index in [4.69, 9.17) is 9.72 Å². The second-order valence-electron chi connectivity index (χ2n) is 11.2. The predicted molar refractivity (Wildman–Crippen MR) is 157 cm³/mol. The lowest BCUT2D eigenvalue weighted by Crippen LogP contribution is -2.36. The fraction of sp³-hybridized carbons (Fsp3) is 0.433. The van der Waals surface area contributed by atoms with Crippen LogP contribution < -0.4 is 9.64 Å². The van der Waals surface area contributed by atoms with Crippen molar-refractivity contribution >= 4 is 21.9 Å². The highest BCUT2D eigenvalue weighted by atomic mass is 32.2. The summed E-state index contributed by atoms with van der Waals surface area (Å²) in [4.78, 5) is 26.5. The summed E-state index contributed by atoms with van der Waals surface area (Å²) in [5.41, 5.74) is -1.89. The number of rotatable bonds is 5. The zero-order valence-corrected chi connectivity index (χ0v) is 25.8. The number of aryl methyl sites for hydroxylation is 1. The first-order valence-corrected chi connectivity index (χ1v) is 16.3. The summed E-state index contributed by atoms with van der Waals surface area (Å²) in [6, 6.07) is 8.32. The Labute approximate surface area is 261 Å². The molecule has 46 heavy (non-hydrogen) atoms. The minimum atomic E-state index is -5.04. The van der Waals surface area contributed by atoms with Crippen molar-refractivity contribution in [3.63, 3.8) is 0 Å². The van der Waals surface area contributed by atoms with Gasteiger partial charge in [0.1, 0.15) is 5.56 Å². The van der Waals surface area contributed by atoms with Crippen molar-refractivity contribution < 1.29 is 44.3 Å². The monoisotopic (exact) mass is 671 g/mol. The second-order valence-corrected chi connectivity index (χ2v) is 13.2. The number of aromatic nitrogens is 2. The summed E-state index contributed by atoms with van der Waals surface area (Å²) in [5.74, 6) is -0.605. The van der Waals surface area contributed by atoms with E-state index in [1.807, 2.05) is 0 Å². The number of alkyl halides is 6. The van der Waals surface area contributed by atoms with Crippen molar-refractivity contribution in [2.24, 2.45) is 0 Å². The highest BCUT2D eigenvalue weighted by Crippen LogP contribution is 2.38. The van der Waals surface area contributed by atoms with Crippen LogP contribution in [0.4, 0.5) is 32.3 Å². The average Bonchev–Trinajstić information content (AvgIpc) is 3.23. The van der Waals surface area contributed by atoms with Crippen molar-refractivity contribution in [1.82, 2.24) is 19.2 Å². The number of sulfonamides is 1. The zero-order chi connectivity index (χ0) is 33.4. The van der Waals surface area contributed by atoms with Gasteiger partial charge in [-0.3, -0.25) is 4.79 Å². The molecule has 1 fully saturated rings. The van der Waals surface area contributed by atoms with E-state index in [1.54, 1.807) is 36.1 Å². The lowest BCUT2D eigenvalue weighted by molar-refractivity contribution is -0.143. The fourth-order valence-corrected chi connectivity index (χ4v) is 6.37. The third-order valence-electron chi connectivity index (χ3n) is 7.80. The van der Waals surface area contributed by atoms with Crippen molar-refractivity contribution in [2.45, 2.75) is 38.7 Å². The van der Waals surface area contributed by atoms with E-state index in [0.29, 0.717) is 37.2 Å². The van der Waals surface area contributed by atoms with Gasteiger partial charge in [0.2, 0.25) is 21.9 Å². The zero-order valence-electron chi connectivity index (χ0n) is 25.0. The smallest absolute Gasteiger partial charge is 0.416 e. The summed E-state index contributed by atoms with van der Waals surface area (Å²) in [6.07, 6.45) is -8.23. The van der Waals surface area contributed by atoms with Gasteiger partial charge in [-0.2, -0.15) is 31.3 Å². The van der Waals surface area contributed by atoms with Crippen LogP contribution in [0.5, 0.6) is 5.88 Å². The highest BCUT2D eigenvalue weighted by molar-refractivity contribution is 7.88. The molecular weight excluding hydrogens is 640 g/mol. The average molecular weight is 672 g/mol. The van der Waals surface area contributed by atoms with Crippen LogP contribution in [-0.2, 0) is 28.9 Å². The quantitative estimate of drug-likeness (QED) is 0.336. The molecule has 3 aromatic rings. The largest absolute Gasteiger partial charge is 0.477 e. The number of hydrogen-bond acceptors (Lipinski definition) is 7. The third-order valence-corrected chi connectivity index (χ3v) is 9.11. The summed E-state index contributed by atoms with van der Waals surface area (Å²) in [5, 5.41) is 0. The lowest BCUT2D eigenvalue weighted by Gasteiger charge is -2.29. The molecule has 0 unspecified atom stereocenters. The fourth-order valence-electron chi connectivity index (χ4n) is 5.49. The van der Waals surface area contributed by atoms with E-state index in [9.17, 15) is 39.6 Å². The molecule has 2 aliphatic rings. The van der Waals surface area contributed by atoms with Crippen molar-refractivity contribution in [2.75, 3.05) is 50.5 Å². The number of benzene rings is 2. The maximum absolute atomic E-state index is 14.2. The molecule has 0 atom stereocenters. The van der Waals surface area contributed by atoms with Gasteiger partial charge in [0, 0.05) is 44.8 Å². The lowest BCUT2D eigenvalue weighted by atomic mass is 10.00. The first kappa shape index (κ1) is 33.4. The number of amides is 1. The van der Waals surface area contributed by atoms with Crippen LogP contribution in [-0.4, -0.2) is 79.1 Å². The summed E-state index contributed by atoms with van der Waals surface area (Å²) < 4.78 is 113. The minimum absolute atomic E-state index is 0.0156. The van der Waals surface area contributed by atoms with Gasteiger partial charge in [-0.1, -0.05) is 24.3 Å². The van der Waals surface area contributed by atoms with Crippen LogP contribution in [0.2, 0.25) is 0 Å². The molecule has 2 aliphatic heterocycles. The molecule has 9 nitrogen and oxygen atoms in total. The molecule has 0 aliphatic carbocycles. The minimum Gasteiger partial charge on any atom is -0.477 e. The number of fused-ring (bicyclic) bond motifs is 1. The predicted octanol–water partition coefficient (Wildman–Crippen LogP) is 5.39. The number of anilines is 1. The number of carbonyl (C=O) groups is 1. The Morgan fingerprint density at radius 3 is 2.17 bits per heavy atom. The molecule has 3 heterocycles. The molecule has 1 amide bonds. The second kappa shape index (κ2) is 12.7. The van der Waals surface area contributed by atoms with E-state index in [1.165, 1.54) is 9.21 Å². The summed E-state index contributed by atoms with van der Waals surface area (Å²) in [7, 11) is -3.43. The molecule has 0 bridgehead atoms. The molecule has 2 aromatic carbocycles. The number of hydrogen-bond donors (Lipinski definition) is 0. The van der Waals surface area contributed by atoms with Gasteiger partial charge in [0.05, 0.1) is 29.7 Å². The Kier molecular flexibility index (Phi) is 9.23. The summed E-state index contributed by atoms with van der Waals surface area (Å²) in [6.45, 7) is 2.47. The number of carbonyl (C=O) groups excluding carboxylic acids is 1. The molecule has 5 rings (SSSR count). The van der Waals surface area contributed by atoms with Crippen LogP contribution in [0.25, 0.3) is 11.3 Å².